The maximum atomic E-state index is 12.8. The zero-order chi connectivity index (χ0) is 19.1. The van der Waals surface area contributed by atoms with Crippen LogP contribution in [0.5, 0.6) is 0 Å². The summed E-state index contributed by atoms with van der Waals surface area (Å²) in [6.07, 6.45) is 0. The summed E-state index contributed by atoms with van der Waals surface area (Å²) in [5, 5.41) is 8.50. The van der Waals surface area contributed by atoms with Crippen LogP contribution in [-0.2, 0) is 6.54 Å². The van der Waals surface area contributed by atoms with E-state index in [9.17, 15) is 4.79 Å². The first-order chi connectivity index (χ1) is 13.2. The summed E-state index contributed by atoms with van der Waals surface area (Å²) < 4.78 is 0. The van der Waals surface area contributed by atoms with Crippen LogP contribution >= 0.6 is 0 Å². The van der Waals surface area contributed by atoms with Gasteiger partial charge in [-0.05, 0) is 43.7 Å². The highest BCUT2D eigenvalue weighted by Gasteiger charge is 2.17. The van der Waals surface area contributed by atoms with Gasteiger partial charge < -0.3 is 9.80 Å². The third kappa shape index (κ3) is 4.50. The Labute approximate surface area is 160 Å². The van der Waals surface area contributed by atoms with Crippen LogP contribution in [0.2, 0.25) is 0 Å². The molecule has 0 bridgehead atoms. The second-order valence-corrected chi connectivity index (χ2v) is 6.16. The Hall–Kier alpha value is -3.21. The van der Waals surface area contributed by atoms with Crippen molar-refractivity contribution in [2.75, 3.05) is 18.0 Å². The van der Waals surface area contributed by atoms with Crippen molar-refractivity contribution in [3.63, 3.8) is 0 Å². The molecular formula is C22H24N4O. The average molecular weight is 360 g/mol. The van der Waals surface area contributed by atoms with E-state index >= 15 is 0 Å². The predicted octanol–water partition coefficient (Wildman–Crippen LogP) is 4.30. The minimum absolute atomic E-state index is 0.108. The number of benzene rings is 2. The molecule has 1 heterocycles. The zero-order valence-corrected chi connectivity index (χ0v) is 15.7. The molecule has 138 valence electrons. The van der Waals surface area contributed by atoms with Gasteiger partial charge >= 0.3 is 0 Å². The van der Waals surface area contributed by atoms with Crippen LogP contribution < -0.4 is 4.90 Å². The fourth-order valence-electron chi connectivity index (χ4n) is 2.96. The van der Waals surface area contributed by atoms with E-state index in [0.29, 0.717) is 18.8 Å². The van der Waals surface area contributed by atoms with Gasteiger partial charge in [0, 0.05) is 25.3 Å². The molecule has 0 aliphatic rings. The van der Waals surface area contributed by atoms with E-state index in [0.717, 1.165) is 23.6 Å². The zero-order valence-electron chi connectivity index (χ0n) is 15.7. The van der Waals surface area contributed by atoms with Gasteiger partial charge in [-0.2, -0.15) is 0 Å². The van der Waals surface area contributed by atoms with Crippen LogP contribution in [0.4, 0.5) is 11.5 Å². The van der Waals surface area contributed by atoms with Crippen molar-refractivity contribution in [2.45, 2.75) is 20.4 Å². The van der Waals surface area contributed by atoms with Crippen LogP contribution in [0.1, 0.15) is 29.9 Å². The molecule has 0 atom stereocenters. The third-order valence-electron chi connectivity index (χ3n) is 4.42. The van der Waals surface area contributed by atoms with Gasteiger partial charge in [-0.1, -0.05) is 48.5 Å². The number of carbonyl (C=O) groups excluding carboxylic acids is 1. The van der Waals surface area contributed by atoms with Crippen molar-refractivity contribution >= 4 is 17.4 Å². The first-order valence-corrected chi connectivity index (χ1v) is 9.22. The molecule has 0 radical (unpaired) electrons. The highest BCUT2D eigenvalue weighted by atomic mass is 16.2. The fraction of sp³-hybridized carbons (Fsp3) is 0.227. The molecule has 3 aromatic rings. The molecule has 5 nitrogen and oxygen atoms in total. The van der Waals surface area contributed by atoms with Crippen LogP contribution in [0.25, 0.3) is 0 Å². The molecule has 0 saturated heterocycles. The largest absolute Gasteiger partial charge is 0.333 e. The molecule has 27 heavy (non-hydrogen) atoms. The number of rotatable bonds is 7. The lowest BCUT2D eigenvalue weighted by molar-refractivity contribution is 0.0745. The summed E-state index contributed by atoms with van der Waals surface area (Å²) in [7, 11) is 0. The highest BCUT2D eigenvalue weighted by Crippen LogP contribution is 2.22. The smallest absolute Gasteiger partial charge is 0.274 e. The lowest BCUT2D eigenvalue weighted by Crippen LogP contribution is -2.31. The Balaban J connectivity index is 1.76. The van der Waals surface area contributed by atoms with Crippen molar-refractivity contribution in [1.29, 1.82) is 0 Å². The highest BCUT2D eigenvalue weighted by molar-refractivity contribution is 5.92. The van der Waals surface area contributed by atoms with E-state index in [1.165, 1.54) is 0 Å². The molecule has 1 aromatic heterocycles. The van der Waals surface area contributed by atoms with Gasteiger partial charge in [0.2, 0.25) is 0 Å². The van der Waals surface area contributed by atoms with Crippen molar-refractivity contribution in [2.24, 2.45) is 0 Å². The second kappa shape index (κ2) is 8.94. The SMILES string of the molecule is CCN(Cc1ccccc1)C(=O)c1ccc(N(CC)c2ccccc2)nn1. The third-order valence-corrected chi connectivity index (χ3v) is 4.42. The summed E-state index contributed by atoms with van der Waals surface area (Å²) >= 11 is 0. The Morgan fingerprint density at radius 2 is 1.48 bits per heavy atom. The minimum atomic E-state index is -0.108. The number of nitrogens with zero attached hydrogens (tertiary/aromatic N) is 4. The van der Waals surface area contributed by atoms with Crippen LogP contribution in [0.15, 0.2) is 72.8 Å². The lowest BCUT2D eigenvalue weighted by Gasteiger charge is -2.22. The number of para-hydroxylation sites is 1. The molecule has 5 heteroatoms. The Bertz CT molecular complexity index is 851. The van der Waals surface area contributed by atoms with Gasteiger partial charge in [0.05, 0.1) is 0 Å². The van der Waals surface area contributed by atoms with Gasteiger partial charge in [0.25, 0.3) is 5.91 Å². The summed E-state index contributed by atoms with van der Waals surface area (Å²) in [5.74, 6) is 0.620. The van der Waals surface area contributed by atoms with Crippen molar-refractivity contribution in [1.82, 2.24) is 15.1 Å². The molecule has 0 aliphatic heterocycles. The molecule has 1 amide bonds. The van der Waals surface area contributed by atoms with E-state index in [-0.39, 0.29) is 5.91 Å². The summed E-state index contributed by atoms with van der Waals surface area (Å²) in [6, 6.07) is 23.6. The van der Waals surface area contributed by atoms with Crippen LogP contribution in [0, 0.1) is 0 Å². The van der Waals surface area contributed by atoms with Crippen molar-refractivity contribution in [3.8, 4) is 0 Å². The Morgan fingerprint density at radius 3 is 2.04 bits per heavy atom. The quantitative estimate of drug-likeness (QED) is 0.630. The lowest BCUT2D eigenvalue weighted by atomic mass is 10.2. The molecular weight excluding hydrogens is 336 g/mol. The summed E-state index contributed by atoms with van der Waals surface area (Å²) in [5.41, 5.74) is 2.51. The van der Waals surface area contributed by atoms with E-state index < -0.39 is 0 Å². The number of hydrogen-bond donors (Lipinski definition) is 0. The van der Waals surface area contributed by atoms with Crippen molar-refractivity contribution < 1.29 is 4.79 Å². The molecule has 0 fully saturated rings. The first-order valence-electron chi connectivity index (χ1n) is 9.22. The van der Waals surface area contributed by atoms with Gasteiger partial charge in [-0.25, -0.2) is 0 Å². The van der Waals surface area contributed by atoms with Crippen LogP contribution in [-0.4, -0.2) is 34.1 Å². The van der Waals surface area contributed by atoms with Gasteiger partial charge in [0.15, 0.2) is 11.5 Å². The number of aromatic nitrogens is 2. The van der Waals surface area contributed by atoms with Gasteiger partial charge in [-0.3, -0.25) is 4.79 Å². The molecule has 2 aromatic carbocycles. The number of anilines is 2. The maximum Gasteiger partial charge on any atom is 0.274 e. The monoisotopic (exact) mass is 360 g/mol. The fourth-order valence-corrected chi connectivity index (χ4v) is 2.96. The standard InChI is InChI=1S/C22H24N4O/c1-3-25(17-18-11-7-5-8-12-18)22(27)20-15-16-21(24-23-20)26(4-2)19-13-9-6-10-14-19/h5-16H,3-4,17H2,1-2H3. The molecule has 0 spiro atoms. The Morgan fingerprint density at radius 1 is 0.815 bits per heavy atom. The maximum absolute atomic E-state index is 12.8. The topological polar surface area (TPSA) is 49.3 Å². The second-order valence-electron chi connectivity index (χ2n) is 6.16. The average Bonchev–Trinajstić information content (AvgIpc) is 2.74. The van der Waals surface area contributed by atoms with E-state index in [1.54, 1.807) is 11.0 Å². The normalized spacial score (nSPS) is 10.4. The minimum Gasteiger partial charge on any atom is -0.333 e. The van der Waals surface area contributed by atoms with Gasteiger partial charge in [-0.15, -0.1) is 10.2 Å². The van der Waals surface area contributed by atoms with E-state index in [1.807, 2.05) is 73.7 Å². The van der Waals surface area contributed by atoms with Crippen molar-refractivity contribution in [3.05, 3.63) is 84.1 Å². The molecule has 0 aliphatic carbocycles. The summed E-state index contributed by atoms with van der Waals surface area (Å²) in [4.78, 5) is 16.6. The van der Waals surface area contributed by atoms with Gasteiger partial charge in [0.1, 0.15) is 0 Å². The predicted molar refractivity (Wildman–Crippen MR) is 108 cm³/mol. The van der Waals surface area contributed by atoms with E-state index in [4.69, 9.17) is 0 Å². The first kappa shape index (κ1) is 18.6. The molecule has 0 unspecified atom stereocenters. The Kier molecular flexibility index (Phi) is 6.15. The van der Waals surface area contributed by atoms with E-state index in [2.05, 4.69) is 22.0 Å². The molecule has 0 saturated carbocycles. The number of amides is 1. The molecule has 3 rings (SSSR count). The van der Waals surface area contributed by atoms with Crippen LogP contribution in [0.3, 0.4) is 0 Å². The molecule has 0 N–H and O–H groups in total. The number of hydrogen-bond acceptors (Lipinski definition) is 4. The number of carbonyl (C=O) groups is 1. The summed E-state index contributed by atoms with van der Waals surface area (Å²) in [6.45, 7) is 5.97.